The lowest BCUT2D eigenvalue weighted by atomic mass is 10.2. The first-order valence-corrected chi connectivity index (χ1v) is 3.54. The first-order valence-electron chi connectivity index (χ1n) is 3.54. The maximum Gasteiger partial charge on any atom is 0.414 e. The monoisotopic (exact) mass is 188 g/mol. The van der Waals surface area contributed by atoms with Crippen molar-refractivity contribution < 1.29 is 24.6 Å². The zero-order chi connectivity index (χ0) is 10.0. The maximum atomic E-state index is 11.1. The number of hydrogen-bond acceptors (Lipinski definition) is 4. The summed E-state index contributed by atoms with van der Waals surface area (Å²) in [4.78, 5) is 32.5. The fourth-order valence-corrected chi connectivity index (χ4v) is 1.06. The SMILES string of the molecule is O=C(O)C1NCCN(C(=O)O)C1=O. The molecule has 0 aliphatic carbocycles. The number of carbonyl (C=O) groups is 3. The fourth-order valence-electron chi connectivity index (χ4n) is 1.06. The van der Waals surface area contributed by atoms with Crippen molar-refractivity contribution in [2.75, 3.05) is 13.1 Å². The number of piperazine rings is 1. The van der Waals surface area contributed by atoms with Gasteiger partial charge in [0.2, 0.25) is 0 Å². The van der Waals surface area contributed by atoms with Crippen LogP contribution in [0.4, 0.5) is 4.79 Å². The number of carboxylic acid groups (broad SMARTS) is 2. The number of aliphatic carboxylic acids is 1. The van der Waals surface area contributed by atoms with Crippen LogP contribution in [0, 0.1) is 0 Å². The second-order valence-electron chi connectivity index (χ2n) is 2.50. The third-order valence-corrected chi connectivity index (χ3v) is 1.67. The Labute approximate surface area is 72.9 Å². The zero-order valence-corrected chi connectivity index (χ0v) is 6.56. The van der Waals surface area contributed by atoms with Gasteiger partial charge in [-0.2, -0.15) is 0 Å². The number of nitrogens with zero attached hydrogens (tertiary/aromatic N) is 1. The molecule has 7 nitrogen and oxygen atoms in total. The van der Waals surface area contributed by atoms with Gasteiger partial charge < -0.3 is 10.2 Å². The van der Waals surface area contributed by atoms with E-state index < -0.39 is 24.0 Å². The lowest BCUT2D eigenvalue weighted by molar-refractivity contribution is -0.148. The lowest BCUT2D eigenvalue weighted by Crippen LogP contribution is -2.59. The van der Waals surface area contributed by atoms with Gasteiger partial charge >= 0.3 is 12.1 Å². The molecule has 1 rings (SSSR count). The second kappa shape index (κ2) is 3.40. The summed E-state index contributed by atoms with van der Waals surface area (Å²) >= 11 is 0. The van der Waals surface area contributed by atoms with E-state index in [4.69, 9.17) is 10.2 Å². The third kappa shape index (κ3) is 1.75. The fraction of sp³-hybridized carbons (Fsp3) is 0.500. The van der Waals surface area contributed by atoms with Crippen molar-refractivity contribution in [1.29, 1.82) is 0 Å². The molecule has 0 bridgehead atoms. The molecule has 13 heavy (non-hydrogen) atoms. The highest BCUT2D eigenvalue weighted by Gasteiger charge is 2.36. The zero-order valence-electron chi connectivity index (χ0n) is 6.56. The van der Waals surface area contributed by atoms with Crippen LogP contribution in [0.5, 0.6) is 0 Å². The van der Waals surface area contributed by atoms with E-state index >= 15 is 0 Å². The summed E-state index contributed by atoms with van der Waals surface area (Å²) in [6.07, 6.45) is -1.42. The van der Waals surface area contributed by atoms with Crippen molar-refractivity contribution >= 4 is 18.0 Å². The molecule has 0 aromatic heterocycles. The van der Waals surface area contributed by atoms with E-state index in [1.807, 2.05) is 0 Å². The Morgan fingerprint density at radius 1 is 1.46 bits per heavy atom. The first-order chi connectivity index (χ1) is 6.04. The molecule has 0 aromatic rings. The summed E-state index contributed by atoms with van der Waals surface area (Å²) in [5, 5.41) is 19.4. The molecule has 0 aromatic carbocycles. The lowest BCUT2D eigenvalue weighted by Gasteiger charge is -2.27. The third-order valence-electron chi connectivity index (χ3n) is 1.67. The smallest absolute Gasteiger partial charge is 0.414 e. The number of amides is 2. The normalized spacial score (nSPS) is 22.9. The molecule has 3 N–H and O–H groups in total. The highest BCUT2D eigenvalue weighted by atomic mass is 16.4. The molecule has 1 heterocycles. The van der Waals surface area contributed by atoms with E-state index in [0.29, 0.717) is 4.90 Å². The molecular weight excluding hydrogens is 180 g/mol. The Morgan fingerprint density at radius 2 is 2.08 bits per heavy atom. The second-order valence-corrected chi connectivity index (χ2v) is 2.50. The number of hydrogen-bond donors (Lipinski definition) is 3. The minimum Gasteiger partial charge on any atom is -0.480 e. The summed E-state index contributed by atoms with van der Waals surface area (Å²) in [5.74, 6) is -2.30. The van der Waals surface area contributed by atoms with E-state index in [2.05, 4.69) is 5.32 Å². The van der Waals surface area contributed by atoms with E-state index in [9.17, 15) is 14.4 Å². The molecule has 72 valence electrons. The van der Waals surface area contributed by atoms with Crippen LogP contribution in [0.3, 0.4) is 0 Å². The van der Waals surface area contributed by atoms with Gasteiger partial charge in [-0.3, -0.25) is 10.1 Å². The standard InChI is InChI=1S/C6H8N2O5/c9-4-3(5(10)11)7-1-2-8(4)6(12)13/h3,7H,1-2H2,(H,10,11)(H,12,13). The Kier molecular flexibility index (Phi) is 2.47. The average Bonchev–Trinajstić information content (AvgIpc) is 2.03. The number of imide groups is 1. The van der Waals surface area contributed by atoms with Gasteiger partial charge in [-0.25, -0.2) is 14.5 Å². The maximum absolute atomic E-state index is 11.1. The van der Waals surface area contributed by atoms with Crippen LogP contribution in [-0.2, 0) is 9.59 Å². The summed E-state index contributed by atoms with van der Waals surface area (Å²) < 4.78 is 0. The Morgan fingerprint density at radius 3 is 2.54 bits per heavy atom. The molecule has 1 atom stereocenters. The topological polar surface area (TPSA) is 107 Å². The van der Waals surface area contributed by atoms with Crippen LogP contribution in [0.15, 0.2) is 0 Å². The predicted molar refractivity (Wildman–Crippen MR) is 39.2 cm³/mol. The van der Waals surface area contributed by atoms with Crippen molar-refractivity contribution in [3.05, 3.63) is 0 Å². The van der Waals surface area contributed by atoms with Gasteiger partial charge in [0.15, 0.2) is 6.04 Å². The van der Waals surface area contributed by atoms with Crippen molar-refractivity contribution in [2.45, 2.75) is 6.04 Å². The van der Waals surface area contributed by atoms with Gasteiger partial charge in [0.25, 0.3) is 5.91 Å². The molecule has 1 aliphatic heterocycles. The Bertz CT molecular complexity index is 240. The van der Waals surface area contributed by atoms with Crippen molar-refractivity contribution in [1.82, 2.24) is 10.2 Å². The number of nitrogens with one attached hydrogen (secondary N) is 1. The van der Waals surface area contributed by atoms with Crippen LogP contribution in [0.2, 0.25) is 0 Å². The highest BCUT2D eigenvalue weighted by molar-refractivity contribution is 6.06. The van der Waals surface area contributed by atoms with Crippen LogP contribution in [0.1, 0.15) is 0 Å². The van der Waals surface area contributed by atoms with Crippen LogP contribution < -0.4 is 5.32 Å². The van der Waals surface area contributed by atoms with E-state index in [1.54, 1.807) is 0 Å². The van der Waals surface area contributed by atoms with Gasteiger partial charge in [0.05, 0.1) is 0 Å². The largest absolute Gasteiger partial charge is 0.480 e. The molecule has 7 heteroatoms. The van der Waals surface area contributed by atoms with E-state index in [1.165, 1.54) is 0 Å². The van der Waals surface area contributed by atoms with Crippen molar-refractivity contribution in [2.24, 2.45) is 0 Å². The minimum absolute atomic E-state index is 0.0159. The highest BCUT2D eigenvalue weighted by Crippen LogP contribution is 2.01. The molecule has 0 radical (unpaired) electrons. The Balaban J connectivity index is 2.77. The van der Waals surface area contributed by atoms with Crippen molar-refractivity contribution in [3.8, 4) is 0 Å². The summed E-state index contributed by atoms with van der Waals surface area (Å²) in [5.41, 5.74) is 0. The predicted octanol–water partition coefficient (Wildman–Crippen LogP) is -1.45. The molecule has 0 saturated carbocycles. The average molecular weight is 188 g/mol. The van der Waals surface area contributed by atoms with E-state index in [0.717, 1.165) is 0 Å². The first kappa shape index (κ1) is 9.46. The molecule has 1 fully saturated rings. The molecule has 1 saturated heterocycles. The van der Waals surface area contributed by atoms with Crippen LogP contribution in [0.25, 0.3) is 0 Å². The minimum atomic E-state index is -1.44. The molecule has 1 unspecified atom stereocenters. The van der Waals surface area contributed by atoms with Gasteiger partial charge in [-0.15, -0.1) is 0 Å². The van der Waals surface area contributed by atoms with E-state index in [-0.39, 0.29) is 13.1 Å². The Hall–Kier alpha value is -1.63. The molecular formula is C6H8N2O5. The van der Waals surface area contributed by atoms with Gasteiger partial charge in [-0.1, -0.05) is 0 Å². The summed E-state index contributed by atoms with van der Waals surface area (Å²) in [6, 6.07) is -1.44. The number of rotatable bonds is 1. The molecule has 2 amide bonds. The van der Waals surface area contributed by atoms with Gasteiger partial charge in [0.1, 0.15) is 0 Å². The molecule has 1 aliphatic rings. The van der Waals surface area contributed by atoms with Crippen LogP contribution in [-0.4, -0.2) is 52.2 Å². The van der Waals surface area contributed by atoms with Gasteiger partial charge in [-0.05, 0) is 0 Å². The number of carboxylic acids is 1. The summed E-state index contributed by atoms with van der Waals surface area (Å²) in [7, 11) is 0. The molecule has 0 spiro atoms. The van der Waals surface area contributed by atoms with Crippen LogP contribution >= 0.6 is 0 Å². The van der Waals surface area contributed by atoms with Gasteiger partial charge in [0, 0.05) is 13.1 Å². The van der Waals surface area contributed by atoms with Crippen molar-refractivity contribution in [3.63, 3.8) is 0 Å². The summed E-state index contributed by atoms with van der Waals surface area (Å²) in [6.45, 7) is 0.146. The quantitative estimate of drug-likeness (QED) is 0.434. The number of carbonyl (C=O) groups excluding carboxylic acids is 1.